The highest BCUT2D eigenvalue weighted by atomic mass is 79.9. The smallest absolute Gasteiger partial charge is 0.228 e. The molecule has 0 radical (unpaired) electrons. The number of hydrogen-bond acceptors (Lipinski definition) is 3. The van der Waals surface area contributed by atoms with Crippen LogP contribution in [0.5, 0.6) is 11.5 Å². The highest BCUT2D eigenvalue weighted by Gasteiger charge is 2.29. The first-order valence-corrected chi connectivity index (χ1v) is 6.50. The minimum Gasteiger partial charge on any atom is -0.486 e. The lowest BCUT2D eigenvalue weighted by molar-refractivity contribution is -0.117. The van der Waals surface area contributed by atoms with E-state index in [1.165, 1.54) is 0 Å². The Kier molecular flexibility index (Phi) is 2.70. The van der Waals surface area contributed by atoms with Crippen molar-refractivity contribution in [3.63, 3.8) is 0 Å². The van der Waals surface area contributed by atoms with Crippen LogP contribution in [0.25, 0.3) is 0 Å². The van der Waals surface area contributed by atoms with E-state index >= 15 is 0 Å². The number of ether oxygens (including phenoxy) is 2. The predicted molar refractivity (Wildman–Crippen MR) is 67.1 cm³/mol. The second-order valence-electron chi connectivity index (χ2n) is 4.13. The van der Waals surface area contributed by atoms with Gasteiger partial charge in [0.15, 0.2) is 11.5 Å². The zero-order chi connectivity index (χ0) is 11.8. The molecule has 1 fully saturated rings. The Labute approximate surface area is 108 Å². The number of benzene rings is 1. The van der Waals surface area contributed by atoms with Crippen molar-refractivity contribution in [1.29, 1.82) is 0 Å². The van der Waals surface area contributed by atoms with Gasteiger partial charge in [0, 0.05) is 29.5 Å². The number of carbonyl (C=O) groups is 1. The molecule has 0 N–H and O–H groups in total. The van der Waals surface area contributed by atoms with E-state index in [9.17, 15) is 4.79 Å². The fourth-order valence-corrected chi connectivity index (χ4v) is 2.68. The molecule has 0 saturated carbocycles. The van der Waals surface area contributed by atoms with Crippen molar-refractivity contribution >= 4 is 27.5 Å². The maximum absolute atomic E-state index is 11.8. The number of amides is 1. The summed E-state index contributed by atoms with van der Waals surface area (Å²) in [7, 11) is 0. The van der Waals surface area contributed by atoms with Crippen molar-refractivity contribution in [3.8, 4) is 11.5 Å². The van der Waals surface area contributed by atoms with Crippen LogP contribution in [0.15, 0.2) is 18.2 Å². The van der Waals surface area contributed by atoms with Crippen molar-refractivity contribution < 1.29 is 14.3 Å². The Morgan fingerprint density at radius 1 is 1.24 bits per heavy atom. The minimum absolute atomic E-state index is 0.142. The zero-order valence-electron chi connectivity index (χ0n) is 9.19. The Bertz CT molecular complexity index is 463. The van der Waals surface area contributed by atoms with Gasteiger partial charge < -0.3 is 14.4 Å². The number of hydrogen-bond donors (Lipinski definition) is 0. The van der Waals surface area contributed by atoms with E-state index in [2.05, 4.69) is 15.9 Å². The normalized spacial score (nSPS) is 23.0. The molecule has 4 nitrogen and oxygen atoms in total. The van der Waals surface area contributed by atoms with Gasteiger partial charge in [-0.25, -0.2) is 0 Å². The van der Waals surface area contributed by atoms with Gasteiger partial charge >= 0.3 is 0 Å². The highest BCUT2D eigenvalue weighted by molar-refractivity contribution is 9.09. The van der Waals surface area contributed by atoms with Crippen LogP contribution in [-0.4, -0.2) is 30.5 Å². The largest absolute Gasteiger partial charge is 0.486 e. The maximum atomic E-state index is 11.8. The van der Waals surface area contributed by atoms with Gasteiger partial charge in [0.05, 0.1) is 0 Å². The molecular weight excluding hydrogens is 286 g/mol. The number of rotatable bonds is 1. The number of nitrogens with zero attached hydrogens (tertiary/aromatic N) is 1. The summed E-state index contributed by atoms with van der Waals surface area (Å²) in [6, 6.07) is 5.63. The molecule has 90 valence electrons. The van der Waals surface area contributed by atoms with Crippen molar-refractivity contribution in [3.05, 3.63) is 18.2 Å². The summed E-state index contributed by atoms with van der Waals surface area (Å²) in [6.07, 6.45) is 0.550. The van der Waals surface area contributed by atoms with Gasteiger partial charge in [-0.2, -0.15) is 0 Å². The van der Waals surface area contributed by atoms with Crippen LogP contribution in [0.4, 0.5) is 5.69 Å². The van der Waals surface area contributed by atoms with Crippen molar-refractivity contribution in [2.24, 2.45) is 0 Å². The van der Waals surface area contributed by atoms with Gasteiger partial charge in [-0.3, -0.25) is 4.79 Å². The molecule has 0 spiro atoms. The third kappa shape index (κ3) is 1.99. The van der Waals surface area contributed by atoms with Crippen molar-refractivity contribution in [2.45, 2.75) is 11.2 Å². The Balaban J connectivity index is 1.91. The highest BCUT2D eigenvalue weighted by Crippen LogP contribution is 2.35. The monoisotopic (exact) mass is 297 g/mol. The summed E-state index contributed by atoms with van der Waals surface area (Å²) < 4.78 is 11.0. The molecule has 1 atom stereocenters. The Hall–Kier alpha value is -1.23. The average Bonchev–Trinajstić information content (AvgIpc) is 2.68. The first-order valence-electron chi connectivity index (χ1n) is 5.58. The summed E-state index contributed by atoms with van der Waals surface area (Å²) in [6.45, 7) is 1.85. The van der Waals surface area contributed by atoms with Crippen LogP contribution >= 0.6 is 15.9 Å². The molecule has 3 rings (SSSR count). The molecule has 1 aromatic rings. The van der Waals surface area contributed by atoms with Gasteiger partial charge in [0.1, 0.15) is 13.2 Å². The molecule has 0 bridgehead atoms. The first-order chi connectivity index (χ1) is 8.24. The second-order valence-corrected chi connectivity index (χ2v) is 5.43. The van der Waals surface area contributed by atoms with Crippen LogP contribution in [0.1, 0.15) is 6.42 Å². The average molecular weight is 298 g/mol. The van der Waals surface area contributed by atoms with E-state index in [0.717, 1.165) is 17.2 Å². The topological polar surface area (TPSA) is 38.8 Å². The second kappa shape index (κ2) is 4.22. The molecule has 5 heteroatoms. The summed E-state index contributed by atoms with van der Waals surface area (Å²) in [5, 5.41) is 0. The van der Waals surface area contributed by atoms with Crippen molar-refractivity contribution in [2.75, 3.05) is 24.7 Å². The van der Waals surface area contributed by atoms with E-state index in [1.807, 2.05) is 18.2 Å². The molecule has 17 heavy (non-hydrogen) atoms. The molecular formula is C12H12BrNO3. The Morgan fingerprint density at radius 2 is 2.00 bits per heavy atom. The van der Waals surface area contributed by atoms with Gasteiger partial charge in [-0.1, -0.05) is 15.9 Å². The summed E-state index contributed by atoms with van der Waals surface area (Å²) in [5.74, 6) is 1.62. The van der Waals surface area contributed by atoms with Crippen molar-refractivity contribution in [1.82, 2.24) is 0 Å². The SMILES string of the molecule is O=C1CC(Br)CN1c1ccc2c(c1)OCCO2. The Morgan fingerprint density at radius 3 is 2.71 bits per heavy atom. The maximum Gasteiger partial charge on any atom is 0.228 e. The minimum atomic E-state index is 0.142. The van der Waals surface area contributed by atoms with E-state index in [-0.39, 0.29) is 10.7 Å². The molecule has 1 aromatic carbocycles. The summed E-state index contributed by atoms with van der Waals surface area (Å²) in [5.41, 5.74) is 0.876. The molecule has 1 saturated heterocycles. The molecule has 0 aliphatic carbocycles. The van der Waals surface area contributed by atoms with Crippen LogP contribution in [0, 0.1) is 0 Å². The number of fused-ring (bicyclic) bond motifs is 1. The van der Waals surface area contributed by atoms with Crippen LogP contribution in [0.3, 0.4) is 0 Å². The molecule has 0 aromatic heterocycles. The van der Waals surface area contributed by atoms with E-state index < -0.39 is 0 Å². The number of halogens is 1. The lowest BCUT2D eigenvalue weighted by Crippen LogP contribution is -2.25. The fourth-order valence-electron chi connectivity index (χ4n) is 2.11. The first kappa shape index (κ1) is 10.9. The number of alkyl halides is 1. The lowest BCUT2D eigenvalue weighted by atomic mass is 10.2. The molecule has 2 heterocycles. The third-order valence-electron chi connectivity index (χ3n) is 2.92. The summed E-state index contributed by atoms with van der Waals surface area (Å²) in [4.78, 5) is 13.8. The van der Waals surface area contributed by atoms with Gasteiger partial charge in [0.25, 0.3) is 0 Å². The number of anilines is 1. The van der Waals surface area contributed by atoms with E-state index in [4.69, 9.17) is 9.47 Å². The molecule has 2 aliphatic rings. The quantitative estimate of drug-likeness (QED) is 0.744. The van der Waals surface area contributed by atoms with Gasteiger partial charge in [-0.15, -0.1) is 0 Å². The summed E-state index contributed by atoms with van der Waals surface area (Å²) >= 11 is 3.47. The standard InChI is InChI=1S/C12H12BrNO3/c13-8-5-12(15)14(7-8)9-1-2-10-11(6-9)17-4-3-16-10/h1-2,6,8H,3-5,7H2. The van der Waals surface area contributed by atoms with E-state index in [1.54, 1.807) is 4.90 Å². The molecule has 1 amide bonds. The van der Waals surface area contributed by atoms with E-state index in [0.29, 0.717) is 26.2 Å². The zero-order valence-corrected chi connectivity index (χ0v) is 10.8. The van der Waals surface area contributed by atoms with Gasteiger partial charge in [0.2, 0.25) is 5.91 Å². The fraction of sp³-hybridized carbons (Fsp3) is 0.417. The molecule has 2 aliphatic heterocycles. The van der Waals surface area contributed by atoms with Gasteiger partial charge in [-0.05, 0) is 12.1 Å². The molecule has 1 unspecified atom stereocenters. The number of carbonyl (C=O) groups excluding carboxylic acids is 1. The predicted octanol–water partition coefficient (Wildman–Crippen LogP) is 1.96. The third-order valence-corrected chi connectivity index (χ3v) is 3.53. The lowest BCUT2D eigenvalue weighted by Gasteiger charge is -2.22. The van der Waals surface area contributed by atoms with Crippen LogP contribution < -0.4 is 14.4 Å². The van der Waals surface area contributed by atoms with Crippen LogP contribution in [-0.2, 0) is 4.79 Å². The van der Waals surface area contributed by atoms with Crippen LogP contribution in [0.2, 0.25) is 0 Å².